The molecule has 1 amide bonds. The van der Waals surface area contributed by atoms with Gasteiger partial charge in [-0.1, -0.05) is 30.3 Å². The summed E-state index contributed by atoms with van der Waals surface area (Å²) in [6, 6.07) is 15.7. The Morgan fingerprint density at radius 1 is 1.00 bits per heavy atom. The second kappa shape index (κ2) is 8.39. The normalized spacial score (nSPS) is 11.6. The number of anilines is 1. The van der Waals surface area contributed by atoms with Crippen LogP contribution in [0.25, 0.3) is 11.2 Å². The second-order valence-electron chi connectivity index (χ2n) is 6.27. The van der Waals surface area contributed by atoms with E-state index in [1.165, 1.54) is 19.6 Å². The lowest BCUT2D eigenvalue weighted by molar-refractivity contribution is -0.123. The highest BCUT2D eigenvalue weighted by atomic mass is 16.5. The van der Waals surface area contributed by atoms with Crippen molar-refractivity contribution < 1.29 is 19.1 Å². The van der Waals surface area contributed by atoms with Gasteiger partial charge in [0.25, 0.3) is 5.91 Å². The number of fused-ring (bicyclic) bond motifs is 1. The van der Waals surface area contributed by atoms with Gasteiger partial charge in [-0.2, -0.15) is 0 Å². The summed E-state index contributed by atoms with van der Waals surface area (Å²) in [7, 11) is 0. The number of carbonyl (C=O) groups is 2. The molecule has 9 nitrogen and oxygen atoms in total. The highest BCUT2D eigenvalue weighted by Gasteiger charge is 2.22. The Morgan fingerprint density at radius 2 is 1.77 bits per heavy atom. The topological polar surface area (TPSA) is 119 Å². The van der Waals surface area contributed by atoms with Crippen LogP contribution in [0.4, 0.5) is 5.82 Å². The molecule has 4 rings (SSSR count). The predicted molar refractivity (Wildman–Crippen MR) is 108 cm³/mol. The Bertz CT molecular complexity index is 1190. The van der Waals surface area contributed by atoms with Crippen molar-refractivity contribution in [2.45, 2.75) is 13.0 Å². The Hall–Kier alpha value is -4.27. The van der Waals surface area contributed by atoms with E-state index in [-0.39, 0.29) is 11.4 Å². The molecule has 2 heterocycles. The second-order valence-corrected chi connectivity index (χ2v) is 6.27. The summed E-state index contributed by atoms with van der Waals surface area (Å²) >= 11 is 0. The summed E-state index contributed by atoms with van der Waals surface area (Å²) in [4.78, 5) is 40.0. The first-order valence-electron chi connectivity index (χ1n) is 9.09. The number of imidazole rings is 1. The van der Waals surface area contributed by atoms with Gasteiger partial charge in [0.1, 0.15) is 28.9 Å². The van der Waals surface area contributed by atoms with Gasteiger partial charge in [0, 0.05) is 0 Å². The molecule has 4 aromatic rings. The molecule has 0 fully saturated rings. The van der Waals surface area contributed by atoms with Crippen LogP contribution in [0.15, 0.2) is 67.3 Å². The van der Waals surface area contributed by atoms with E-state index in [2.05, 4.69) is 25.3 Å². The minimum atomic E-state index is -1.07. The number of para-hydroxylation sites is 2. The Kier molecular flexibility index (Phi) is 5.33. The van der Waals surface area contributed by atoms with E-state index in [0.29, 0.717) is 22.7 Å². The summed E-state index contributed by atoms with van der Waals surface area (Å²) in [6.07, 6.45) is 1.66. The van der Waals surface area contributed by atoms with E-state index in [1.54, 1.807) is 36.4 Å². The first kappa shape index (κ1) is 19.1. The van der Waals surface area contributed by atoms with Crippen LogP contribution >= 0.6 is 0 Å². The van der Waals surface area contributed by atoms with Crippen molar-refractivity contribution >= 4 is 28.9 Å². The van der Waals surface area contributed by atoms with Gasteiger partial charge in [0.05, 0.1) is 6.33 Å². The largest absolute Gasteiger partial charge is 0.456 e. The zero-order chi connectivity index (χ0) is 20.9. The van der Waals surface area contributed by atoms with Crippen molar-refractivity contribution in [3.63, 3.8) is 0 Å². The van der Waals surface area contributed by atoms with Crippen LogP contribution in [0, 0.1) is 0 Å². The minimum absolute atomic E-state index is 0.207. The van der Waals surface area contributed by atoms with Gasteiger partial charge in [-0.25, -0.2) is 19.7 Å². The minimum Gasteiger partial charge on any atom is -0.456 e. The standard InChI is InChI=1S/C21H17N5O4/c1-13(20(27)26-19-17-18(23-11-22-17)24-12-25-19)29-21(28)15-9-5-6-10-16(15)30-14-7-3-2-4-8-14/h2-13H,1H3,(H2,22,23,24,25,26,27). The fraction of sp³-hybridized carbons (Fsp3) is 0.0952. The molecule has 9 heteroatoms. The van der Waals surface area contributed by atoms with Crippen LogP contribution < -0.4 is 10.1 Å². The monoisotopic (exact) mass is 403 g/mol. The number of hydrogen-bond acceptors (Lipinski definition) is 7. The summed E-state index contributed by atoms with van der Waals surface area (Å²) in [5, 5.41) is 2.61. The summed E-state index contributed by atoms with van der Waals surface area (Å²) in [6.45, 7) is 1.47. The molecule has 0 bridgehead atoms. The number of esters is 1. The van der Waals surface area contributed by atoms with E-state index in [4.69, 9.17) is 9.47 Å². The highest BCUT2D eigenvalue weighted by Crippen LogP contribution is 2.26. The number of nitrogens with zero attached hydrogens (tertiary/aromatic N) is 3. The number of benzene rings is 2. The van der Waals surface area contributed by atoms with Crippen molar-refractivity contribution in [3.05, 3.63) is 72.8 Å². The van der Waals surface area contributed by atoms with Gasteiger partial charge in [-0.05, 0) is 31.2 Å². The van der Waals surface area contributed by atoms with E-state index >= 15 is 0 Å². The zero-order valence-electron chi connectivity index (χ0n) is 15.9. The van der Waals surface area contributed by atoms with Gasteiger partial charge >= 0.3 is 5.97 Å². The molecule has 0 aliphatic carbocycles. The number of ether oxygens (including phenoxy) is 2. The molecule has 30 heavy (non-hydrogen) atoms. The lowest BCUT2D eigenvalue weighted by atomic mass is 10.2. The fourth-order valence-electron chi connectivity index (χ4n) is 2.70. The van der Waals surface area contributed by atoms with E-state index in [9.17, 15) is 9.59 Å². The molecular weight excluding hydrogens is 386 g/mol. The summed E-state index contributed by atoms with van der Waals surface area (Å²) in [5.41, 5.74) is 1.10. The number of nitrogens with one attached hydrogen (secondary N) is 2. The molecular formula is C21H17N5O4. The quantitative estimate of drug-likeness (QED) is 0.474. The van der Waals surface area contributed by atoms with E-state index in [0.717, 1.165) is 0 Å². The van der Waals surface area contributed by atoms with Crippen molar-refractivity contribution in [1.29, 1.82) is 0 Å². The van der Waals surface area contributed by atoms with Crippen molar-refractivity contribution in [3.8, 4) is 11.5 Å². The van der Waals surface area contributed by atoms with Gasteiger partial charge < -0.3 is 19.8 Å². The third-order valence-electron chi connectivity index (χ3n) is 4.20. The molecule has 0 spiro atoms. The van der Waals surface area contributed by atoms with Crippen LogP contribution in [0.1, 0.15) is 17.3 Å². The Balaban J connectivity index is 1.46. The maximum absolute atomic E-state index is 12.7. The molecule has 0 radical (unpaired) electrons. The molecule has 0 saturated carbocycles. The van der Waals surface area contributed by atoms with Crippen LogP contribution in [0.2, 0.25) is 0 Å². The average molecular weight is 403 g/mol. The van der Waals surface area contributed by atoms with Gasteiger partial charge in [-0.3, -0.25) is 4.79 Å². The zero-order valence-corrected chi connectivity index (χ0v) is 15.9. The number of H-pyrrole nitrogens is 1. The molecule has 0 aliphatic rings. The van der Waals surface area contributed by atoms with Crippen LogP contribution in [0.5, 0.6) is 11.5 Å². The van der Waals surface area contributed by atoms with Crippen LogP contribution in [0.3, 0.4) is 0 Å². The molecule has 150 valence electrons. The third kappa shape index (κ3) is 4.09. The third-order valence-corrected chi connectivity index (χ3v) is 4.20. The smallest absolute Gasteiger partial charge is 0.342 e. The number of hydrogen-bond donors (Lipinski definition) is 2. The first-order valence-corrected chi connectivity index (χ1v) is 9.09. The highest BCUT2D eigenvalue weighted by molar-refractivity contribution is 6.01. The van der Waals surface area contributed by atoms with Crippen molar-refractivity contribution in [2.24, 2.45) is 0 Å². The van der Waals surface area contributed by atoms with Crippen molar-refractivity contribution in [1.82, 2.24) is 19.9 Å². The van der Waals surface area contributed by atoms with E-state index < -0.39 is 18.0 Å². The molecule has 2 aromatic heterocycles. The summed E-state index contributed by atoms with van der Waals surface area (Å²) < 4.78 is 11.1. The number of amides is 1. The van der Waals surface area contributed by atoms with Crippen LogP contribution in [-0.4, -0.2) is 37.9 Å². The molecule has 1 unspecified atom stereocenters. The maximum atomic E-state index is 12.7. The Morgan fingerprint density at radius 3 is 2.60 bits per heavy atom. The number of aromatic nitrogens is 4. The maximum Gasteiger partial charge on any atom is 0.342 e. The lowest BCUT2D eigenvalue weighted by Crippen LogP contribution is -2.30. The van der Waals surface area contributed by atoms with Crippen molar-refractivity contribution in [2.75, 3.05) is 5.32 Å². The predicted octanol–water partition coefficient (Wildman–Crippen LogP) is 3.33. The van der Waals surface area contributed by atoms with Gasteiger partial charge in [0.15, 0.2) is 17.6 Å². The molecule has 2 aromatic carbocycles. The average Bonchev–Trinajstić information content (AvgIpc) is 3.25. The summed E-state index contributed by atoms with van der Waals surface area (Å²) in [5.74, 6) is -0.0664. The van der Waals surface area contributed by atoms with Crippen LogP contribution in [-0.2, 0) is 9.53 Å². The number of aromatic amines is 1. The Labute approximate surface area is 171 Å². The number of rotatable bonds is 6. The lowest BCUT2D eigenvalue weighted by Gasteiger charge is -2.15. The fourth-order valence-corrected chi connectivity index (χ4v) is 2.70. The molecule has 0 aliphatic heterocycles. The molecule has 2 N–H and O–H groups in total. The number of carbonyl (C=O) groups excluding carboxylic acids is 2. The molecule has 0 saturated heterocycles. The first-order chi connectivity index (χ1) is 14.6. The van der Waals surface area contributed by atoms with Gasteiger partial charge in [0.2, 0.25) is 0 Å². The van der Waals surface area contributed by atoms with E-state index in [1.807, 2.05) is 18.2 Å². The van der Waals surface area contributed by atoms with Gasteiger partial charge in [-0.15, -0.1) is 0 Å². The SMILES string of the molecule is CC(OC(=O)c1ccccc1Oc1ccccc1)C(=O)Nc1ncnc2nc[nH]c12. The molecule has 1 atom stereocenters.